The van der Waals surface area contributed by atoms with E-state index in [1.165, 1.54) is 0 Å². The maximum atomic E-state index is 11.6. The second kappa shape index (κ2) is 5.22. The van der Waals surface area contributed by atoms with Crippen LogP contribution in [-0.2, 0) is 4.79 Å². The Morgan fingerprint density at radius 3 is 2.74 bits per heavy atom. The SMILES string of the molecule is CC(C)=CC(=O)Nc1cnc2c(cnn2C(C)C)c1. The molecule has 19 heavy (non-hydrogen) atoms. The minimum Gasteiger partial charge on any atom is -0.321 e. The maximum absolute atomic E-state index is 11.6. The molecular weight excluding hydrogens is 240 g/mol. The molecule has 0 fully saturated rings. The van der Waals surface area contributed by atoms with Gasteiger partial charge in [0.05, 0.1) is 18.1 Å². The molecule has 2 aromatic heterocycles. The summed E-state index contributed by atoms with van der Waals surface area (Å²) in [4.78, 5) is 16.0. The van der Waals surface area contributed by atoms with Gasteiger partial charge < -0.3 is 5.32 Å². The van der Waals surface area contributed by atoms with E-state index in [9.17, 15) is 4.79 Å². The summed E-state index contributed by atoms with van der Waals surface area (Å²) in [5, 5.41) is 8.00. The molecule has 2 aromatic rings. The van der Waals surface area contributed by atoms with Gasteiger partial charge in [-0.2, -0.15) is 5.10 Å². The molecule has 0 bridgehead atoms. The summed E-state index contributed by atoms with van der Waals surface area (Å²) in [5.41, 5.74) is 2.47. The zero-order valence-corrected chi connectivity index (χ0v) is 11.6. The van der Waals surface area contributed by atoms with Crippen LogP contribution in [0.15, 0.2) is 30.1 Å². The molecule has 2 rings (SSSR count). The number of carbonyl (C=O) groups is 1. The van der Waals surface area contributed by atoms with Gasteiger partial charge in [-0.1, -0.05) is 5.57 Å². The number of carbonyl (C=O) groups excluding carboxylic acids is 1. The van der Waals surface area contributed by atoms with Gasteiger partial charge in [0.2, 0.25) is 5.91 Å². The lowest BCUT2D eigenvalue weighted by Crippen LogP contribution is -2.09. The fourth-order valence-electron chi connectivity index (χ4n) is 1.83. The number of pyridine rings is 1. The van der Waals surface area contributed by atoms with Gasteiger partial charge in [0.1, 0.15) is 0 Å². The summed E-state index contributed by atoms with van der Waals surface area (Å²) >= 11 is 0. The van der Waals surface area contributed by atoms with Gasteiger partial charge in [-0.15, -0.1) is 0 Å². The van der Waals surface area contributed by atoms with Crippen molar-refractivity contribution in [2.45, 2.75) is 33.7 Å². The molecule has 100 valence electrons. The molecule has 1 N–H and O–H groups in total. The molecule has 5 nitrogen and oxygen atoms in total. The van der Waals surface area contributed by atoms with E-state index in [1.807, 2.05) is 24.6 Å². The number of nitrogens with zero attached hydrogens (tertiary/aromatic N) is 3. The third-order valence-electron chi connectivity index (χ3n) is 2.61. The number of hydrogen-bond donors (Lipinski definition) is 1. The minimum absolute atomic E-state index is 0.141. The molecule has 0 aliphatic carbocycles. The Morgan fingerprint density at radius 1 is 1.37 bits per heavy atom. The zero-order valence-electron chi connectivity index (χ0n) is 11.6. The highest BCUT2D eigenvalue weighted by atomic mass is 16.1. The van der Waals surface area contributed by atoms with Crippen LogP contribution in [0.5, 0.6) is 0 Å². The standard InChI is InChI=1S/C14H18N4O/c1-9(2)5-13(19)17-12-6-11-7-16-18(10(3)4)14(11)15-8-12/h5-8,10H,1-4H3,(H,17,19). The lowest BCUT2D eigenvalue weighted by atomic mass is 10.3. The number of nitrogens with one attached hydrogen (secondary N) is 1. The number of aromatic nitrogens is 3. The average Bonchev–Trinajstić information content (AvgIpc) is 2.70. The third kappa shape index (κ3) is 2.99. The van der Waals surface area contributed by atoms with E-state index in [0.717, 1.165) is 16.6 Å². The van der Waals surface area contributed by atoms with Gasteiger partial charge in [0.15, 0.2) is 5.65 Å². The van der Waals surface area contributed by atoms with Crippen molar-refractivity contribution in [1.29, 1.82) is 0 Å². The Bertz CT molecular complexity index is 636. The van der Waals surface area contributed by atoms with E-state index < -0.39 is 0 Å². The van der Waals surface area contributed by atoms with Gasteiger partial charge in [0.25, 0.3) is 0 Å². The third-order valence-corrected chi connectivity index (χ3v) is 2.61. The predicted octanol–water partition coefficient (Wildman–Crippen LogP) is 2.92. The second-order valence-electron chi connectivity index (χ2n) is 5.03. The number of anilines is 1. The number of allylic oxidation sites excluding steroid dienone is 1. The van der Waals surface area contributed by atoms with Crippen molar-refractivity contribution in [1.82, 2.24) is 14.8 Å². The summed E-state index contributed by atoms with van der Waals surface area (Å²) in [6.07, 6.45) is 4.97. The molecule has 0 unspecified atom stereocenters. The molecule has 5 heteroatoms. The zero-order chi connectivity index (χ0) is 14.0. The molecule has 0 aromatic carbocycles. The van der Waals surface area contributed by atoms with Gasteiger partial charge >= 0.3 is 0 Å². The lowest BCUT2D eigenvalue weighted by Gasteiger charge is -2.06. The van der Waals surface area contributed by atoms with Crippen LogP contribution in [0.4, 0.5) is 5.69 Å². The highest BCUT2D eigenvalue weighted by Crippen LogP contribution is 2.19. The number of hydrogen-bond acceptors (Lipinski definition) is 3. The van der Waals surface area contributed by atoms with Crippen molar-refractivity contribution in [3.63, 3.8) is 0 Å². The first-order valence-electron chi connectivity index (χ1n) is 6.26. The van der Waals surface area contributed by atoms with Crippen LogP contribution in [0.25, 0.3) is 11.0 Å². The number of rotatable bonds is 3. The van der Waals surface area contributed by atoms with Crippen LogP contribution < -0.4 is 5.32 Å². The van der Waals surface area contributed by atoms with E-state index in [0.29, 0.717) is 5.69 Å². The fraction of sp³-hybridized carbons (Fsp3) is 0.357. The fourth-order valence-corrected chi connectivity index (χ4v) is 1.83. The second-order valence-corrected chi connectivity index (χ2v) is 5.03. The van der Waals surface area contributed by atoms with Crippen molar-refractivity contribution in [3.05, 3.63) is 30.1 Å². The van der Waals surface area contributed by atoms with E-state index in [2.05, 4.69) is 29.2 Å². The van der Waals surface area contributed by atoms with E-state index in [-0.39, 0.29) is 11.9 Å². The molecule has 0 radical (unpaired) electrons. The van der Waals surface area contributed by atoms with Gasteiger partial charge in [0, 0.05) is 17.5 Å². The molecule has 0 aliphatic heterocycles. The van der Waals surface area contributed by atoms with Gasteiger partial charge in [-0.3, -0.25) is 4.79 Å². The van der Waals surface area contributed by atoms with Crippen LogP contribution in [0, 0.1) is 0 Å². The average molecular weight is 258 g/mol. The Balaban J connectivity index is 2.28. The van der Waals surface area contributed by atoms with Crippen LogP contribution in [0.3, 0.4) is 0 Å². The van der Waals surface area contributed by atoms with Crippen molar-refractivity contribution in [2.75, 3.05) is 5.32 Å². The highest BCUT2D eigenvalue weighted by Gasteiger charge is 2.08. The van der Waals surface area contributed by atoms with Crippen LogP contribution in [-0.4, -0.2) is 20.7 Å². The van der Waals surface area contributed by atoms with Gasteiger partial charge in [-0.25, -0.2) is 9.67 Å². The molecule has 0 aliphatic rings. The van der Waals surface area contributed by atoms with Crippen molar-refractivity contribution < 1.29 is 4.79 Å². The first-order chi connectivity index (χ1) is 8.97. The normalized spacial score (nSPS) is 10.8. The van der Waals surface area contributed by atoms with E-state index >= 15 is 0 Å². The van der Waals surface area contributed by atoms with Crippen LogP contribution in [0.1, 0.15) is 33.7 Å². The Morgan fingerprint density at radius 2 is 2.11 bits per heavy atom. The van der Waals surface area contributed by atoms with Crippen molar-refractivity contribution >= 4 is 22.6 Å². The Kier molecular flexibility index (Phi) is 3.64. The molecule has 0 saturated carbocycles. The molecule has 0 atom stereocenters. The lowest BCUT2D eigenvalue weighted by molar-refractivity contribution is -0.111. The molecule has 2 heterocycles. The maximum Gasteiger partial charge on any atom is 0.248 e. The molecule has 0 saturated heterocycles. The Labute approximate surface area is 112 Å². The summed E-state index contributed by atoms with van der Waals surface area (Å²) in [6, 6.07) is 2.14. The topological polar surface area (TPSA) is 59.8 Å². The number of fused-ring (bicyclic) bond motifs is 1. The highest BCUT2D eigenvalue weighted by molar-refractivity contribution is 6.00. The van der Waals surface area contributed by atoms with E-state index in [1.54, 1.807) is 18.5 Å². The van der Waals surface area contributed by atoms with Crippen molar-refractivity contribution in [2.24, 2.45) is 0 Å². The molecule has 1 amide bonds. The first-order valence-corrected chi connectivity index (χ1v) is 6.26. The minimum atomic E-state index is -0.141. The van der Waals surface area contributed by atoms with Gasteiger partial charge in [-0.05, 0) is 33.8 Å². The quantitative estimate of drug-likeness (QED) is 0.861. The Hall–Kier alpha value is -2.17. The molecular formula is C14H18N4O. The number of amides is 1. The van der Waals surface area contributed by atoms with Crippen LogP contribution >= 0.6 is 0 Å². The van der Waals surface area contributed by atoms with E-state index in [4.69, 9.17) is 0 Å². The summed E-state index contributed by atoms with van der Waals surface area (Å²) in [5.74, 6) is -0.141. The first kappa shape index (κ1) is 13.3. The largest absolute Gasteiger partial charge is 0.321 e. The summed E-state index contributed by atoms with van der Waals surface area (Å²) in [6.45, 7) is 7.87. The predicted molar refractivity (Wildman–Crippen MR) is 76.0 cm³/mol. The van der Waals surface area contributed by atoms with Crippen LogP contribution in [0.2, 0.25) is 0 Å². The summed E-state index contributed by atoms with van der Waals surface area (Å²) in [7, 11) is 0. The monoisotopic (exact) mass is 258 g/mol. The smallest absolute Gasteiger partial charge is 0.248 e. The molecule has 0 spiro atoms. The summed E-state index contributed by atoms with van der Waals surface area (Å²) < 4.78 is 1.86. The van der Waals surface area contributed by atoms with Crippen molar-refractivity contribution in [3.8, 4) is 0 Å².